The van der Waals surface area contributed by atoms with Crippen molar-refractivity contribution in [2.24, 2.45) is 0 Å². The van der Waals surface area contributed by atoms with Crippen molar-refractivity contribution >= 4 is 11.8 Å². The van der Waals surface area contributed by atoms with Crippen LogP contribution in [0.4, 0.5) is 4.39 Å². The Morgan fingerprint density at radius 2 is 1.28 bits per heavy atom. The van der Waals surface area contributed by atoms with E-state index in [1.54, 1.807) is 12.1 Å². The summed E-state index contributed by atoms with van der Waals surface area (Å²) in [5, 5.41) is 0. The van der Waals surface area contributed by atoms with Crippen LogP contribution in [0.5, 0.6) is 0 Å². The lowest BCUT2D eigenvalue weighted by atomic mass is 10.0. The minimum atomic E-state index is -0.658. The lowest BCUT2D eigenvalue weighted by Crippen LogP contribution is -2.14. The molecule has 0 aliphatic heterocycles. The number of benzene rings is 3. The zero-order chi connectivity index (χ0) is 17.6. The fourth-order valence-electron chi connectivity index (χ4n) is 2.36. The Balaban J connectivity index is 1.61. The number of rotatable bonds is 5. The first-order chi connectivity index (χ1) is 12.1. The quantitative estimate of drug-likeness (QED) is 0.508. The van der Waals surface area contributed by atoms with E-state index in [0.29, 0.717) is 5.56 Å². The van der Waals surface area contributed by atoms with E-state index in [9.17, 15) is 14.0 Å². The van der Waals surface area contributed by atoms with Gasteiger partial charge in [0.2, 0.25) is 0 Å². The Kier molecular flexibility index (Phi) is 5.00. The summed E-state index contributed by atoms with van der Waals surface area (Å²) in [6.45, 7) is -0.360. The summed E-state index contributed by atoms with van der Waals surface area (Å²) in [7, 11) is 0. The maximum atomic E-state index is 12.8. The molecular weight excluding hydrogens is 319 g/mol. The number of hydrogen-bond acceptors (Lipinski definition) is 3. The molecule has 0 saturated carbocycles. The van der Waals surface area contributed by atoms with Gasteiger partial charge in [0, 0.05) is 5.56 Å². The molecule has 3 aromatic rings. The van der Waals surface area contributed by atoms with Crippen molar-refractivity contribution in [3.05, 3.63) is 95.8 Å². The fourth-order valence-corrected chi connectivity index (χ4v) is 2.36. The number of ketones is 1. The van der Waals surface area contributed by atoms with E-state index in [0.717, 1.165) is 11.1 Å². The van der Waals surface area contributed by atoms with Crippen LogP contribution in [-0.4, -0.2) is 18.4 Å². The highest BCUT2D eigenvalue weighted by molar-refractivity contribution is 5.99. The second kappa shape index (κ2) is 7.53. The second-order valence-electron chi connectivity index (χ2n) is 5.45. The third-order valence-electron chi connectivity index (χ3n) is 3.73. The summed E-state index contributed by atoms with van der Waals surface area (Å²) in [5.74, 6) is -1.39. The number of esters is 1. The van der Waals surface area contributed by atoms with Crippen LogP contribution in [0.15, 0.2) is 78.9 Å². The molecule has 0 amide bonds. The third kappa shape index (κ3) is 4.18. The summed E-state index contributed by atoms with van der Waals surface area (Å²) in [6.07, 6.45) is 0. The van der Waals surface area contributed by atoms with Crippen molar-refractivity contribution in [1.29, 1.82) is 0 Å². The Bertz CT molecular complexity index is 869. The van der Waals surface area contributed by atoms with E-state index in [2.05, 4.69) is 0 Å². The highest BCUT2D eigenvalue weighted by Gasteiger charge is 2.12. The third-order valence-corrected chi connectivity index (χ3v) is 3.73. The van der Waals surface area contributed by atoms with Crippen molar-refractivity contribution in [2.75, 3.05) is 6.61 Å². The molecule has 0 spiro atoms. The zero-order valence-corrected chi connectivity index (χ0v) is 13.3. The molecule has 0 aromatic heterocycles. The lowest BCUT2D eigenvalue weighted by molar-refractivity contribution is 0.0474. The van der Waals surface area contributed by atoms with Gasteiger partial charge in [-0.2, -0.15) is 0 Å². The van der Waals surface area contributed by atoms with Gasteiger partial charge in [-0.1, -0.05) is 54.6 Å². The monoisotopic (exact) mass is 334 g/mol. The van der Waals surface area contributed by atoms with Crippen LogP contribution in [0, 0.1) is 5.82 Å². The van der Waals surface area contributed by atoms with Gasteiger partial charge >= 0.3 is 5.97 Å². The van der Waals surface area contributed by atoms with Gasteiger partial charge in [-0.05, 0) is 35.4 Å². The van der Waals surface area contributed by atoms with Gasteiger partial charge in [-0.3, -0.25) is 4.79 Å². The Morgan fingerprint density at radius 3 is 1.92 bits per heavy atom. The van der Waals surface area contributed by atoms with E-state index in [-0.39, 0.29) is 18.0 Å². The summed E-state index contributed by atoms with van der Waals surface area (Å²) in [4.78, 5) is 24.0. The molecule has 4 heteroatoms. The molecule has 3 rings (SSSR count). The molecule has 25 heavy (non-hydrogen) atoms. The van der Waals surface area contributed by atoms with Crippen LogP contribution in [0.25, 0.3) is 11.1 Å². The van der Waals surface area contributed by atoms with E-state index in [4.69, 9.17) is 4.74 Å². The summed E-state index contributed by atoms with van der Waals surface area (Å²) >= 11 is 0. The SMILES string of the molecule is O=C(COC(=O)c1ccc(F)cc1)c1ccc(-c2ccccc2)cc1. The number of halogens is 1. The Morgan fingerprint density at radius 1 is 0.720 bits per heavy atom. The van der Waals surface area contributed by atoms with Crippen molar-refractivity contribution in [3.8, 4) is 11.1 Å². The number of hydrogen-bond donors (Lipinski definition) is 0. The van der Waals surface area contributed by atoms with Crippen molar-refractivity contribution in [3.63, 3.8) is 0 Å². The molecule has 3 aromatic carbocycles. The predicted octanol–water partition coefficient (Wildman–Crippen LogP) is 4.53. The van der Waals surface area contributed by atoms with E-state index < -0.39 is 11.8 Å². The number of carbonyl (C=O) groups excluding carboxylic acids is 2. The highest BCUT2D eigenvalue weighted by atomic mass is 19.1. The molecule has 0 N–H and O–H groups in total. The molecule has 124 valence electrons. The van der Waals surface area contributed by atoms with Crippen LogP contribution in [0.2, 0.25) is 0 Å². The van der Waals surface area contributed by atoms with Crippen LogP contribution < -0.4 is 0 Å². The van der Waals surface area contributed by atoms with Gasteiger partial charge in [-0.15, -0.1) is 0 Å². The molecule has 0 saturated heterocycles. The minimum Gasteiger partial charge on any atom is -0.454 e. The zero-order valence-electron chi connectivity index (χ0n) is 13.3. The largest absolute Gasteiger partial charge is 0.454 e. The Labute approximate surface area is 144 Å². The molecule has 0 unspecified atom stereocenters. The smallest absolute Gasteiger partial charge is 0.338 e. The number of carbonyl (C=O) groups is 2. The van der Waals surface area contributed by atoms with Crippen molar-refractivity contribution in [2.45, 2.75) is 0 Å². The van der Waals surface area contributed by atoms with E-state index in [1.165, 1.54) is 24.3 Å². The summed E-state index contributed by atoms with van der Waals surface area (Å²) in [5.41, 5.74) is 2.73. The molecule has 3 nitrogen and oxygen atoms in total. The Hall–Kier alpha value is -3.27. The molecule has 0 aliphatic rings. The molecule has 0 fully saturated rings. The van der Waals surface area contributed by atoms with Crippen LogP contribution in [0.3, 0.4) is 0 Å². The van der Waals surface area contributed by atoms with Crippen LogP contribution >= 0.6 is 0 Å². The number of ether oxygens (including phenoxy) is 1. The first kappa shape index (κ1) is 16.6. The van der Waals surface area contributed by atoms with Gasteiger partial charge < -0.3 is 4.74 Å². The van der Waals surface area contributed by atoms with E-state index in [1.807, 2.05) is 42.5 Å². The first-order valence-electron chi connectivity index (χ1n) is 7.75. The normalized spacial score (nSPS) is 10.3. The van der Waals surface area contributed by atoms with Crippen molar-refractivity contribution < 1.29 is 18.7 Å². The number of Topliss-reactive ketones (excluding diaryl/α,β-unsaturated/α-hetero) is 1. The molecule has 0 radical (unpaired) electrons. The van der Waals surface area contributed by atoms with Gasteiger partial charge in [0.1, 0.15) is 5.82 Å². The maximum Gasteiger partial charge on any atom is 0.338 e. The molecular formula is C21H15FO3. The standard InChI is InChI=1S/C21H15FO3/c22-19-12-10-18(11-13-19)21(24)25-14-20(23)17-8-6-16(7-9-17)15-4-2-1-3-5-15/h1-13H,14H2. The topological polar surface area (TPSA) is 43.4 Å². The van der Waals surface area contributed by atoms with Crippen molar-refractivity contribution in [1.82, 2.24) is 0 Å². The molecule has 0 heterocycles. The average molecular weight is 334 g/mol. The summed E-state index contributed by atoms with van der Waals surface area (Å²) in [6, 6.07) is 21.9. The van der Waals surface area contributed by atoms with Gasteiger partial charge in [-0.25, -0.2) is 9.18 Å². The van der Waals surface area contributed by atoms with Crippen LogP contribution in [0.1, 0.15) is 20.7 Å². The highest BCUT2D eigenvalue weighted by Crippen LogP contribution is 2.19. The minimum absolute atomic E-state index is 0.202. The predicted molar refractivity (Wildman–Crippen MR) is 92.9 cm³/mol. The maximum absolute atomic E-state index is 12.8. The fraction of sp³-hybridized carbons (Fsp3) is 0.0476. The average Bonchev–Trinajstić information content (AvgIpc) is 2.67. The molecule has 0 atom stereocenters. The lowest BCUT2D eigenvalue weighted by Gasteiger charge is -2.06. The van der Waals surface area contributed by atoms with E-state index >= 15 is 0 Å². The van der Waals surface area contributed by atoms with Gasteiger partial charge in [0.25, 0.3) is 0 Å². The second-order valence-corrected chi connectivity index (χ2v) is 5.45. The summed E-state index contributed by atoms with van der Waals surface area (Å²) < 4.78 is 17.8. The molecule has 0 bridgehead atoms. The molecule has 0 aliphatic carbocycles. The van der Waals surface area contributed by atoms with Crippen LogP contribution in [-0.2, 0) is 4.74 Å². The van der Waals surface area contributed by atoms with Gasteiger partial charge in [0.05, 0.1) is 5.56 Å². The first-order valence-corrected chi connectivity index (χ1v) is 7.75. The van der Waals surface area contributed by atoms with Gasteiger partial charge in [0.15, 0.2) is 12.4 Å².